The predicted molar refractivity (Wildman–Crippen MR) is 101 cm³/mol. The van der Waals surface area contributed by atoms with E-state index in [1.54, 1.807) is 4.90 Å². The van der Waals surface area contributed by atoms with Crippen molar-refractivity contribution in [1.82, 2.24) is 15.5 Å². The van der Waals surface area contributed by atoms with Gasteiger partial charge in [0.25, 0.3) is 5.91 Å². The summed E-state index contributed by atoms with van der Waals surface area (Å²) >= 11 is 0. The number of ether oxygens (including phenoxy) is 1. The van der Waals surface area contributed by atoms with Gasteiger partial charge in [-0.2, -0.15) is 22.0 Å². The average Bonchev–Trinajstić information content (AvgIpc) is 3.47. The minimum Gasteiger partial charge on any atom is -0.435 e. The fourth-order valence-corrected chi connectivity index (χ4v) is 3.62. The summed E-state index contributed by atoms with van der Waals surface area (Å²) in [5, 5.41) is 4.88. The molecular formula is C20H24F5N3O3. The van der Waals surface area contributed by atoms with Gasteiger partial charge in [0.1, 0.15) is 11.3 Å². The van der Waals surface area contributed by atoms with Gasteiger partial charge in [0.2, 0.25) is 5.91 Å². The summed E-state index contributed by atoms with van der Waals surface area (Å²) in [7, 11) is 0. The van der Waals surface area contributed by atoms with Gasteiger partial charge in [-0.15, -0.1) is 0 Å². The minimum absolute atomic E-state index is 0.0822. The van der Waals surface area contributed by atoms with Crippen LogP contribution in [0.2, 0.25) is 0 Å². The van der Waals surface area contributed by atoms with E-state index in [-0.39, 0.29) is 36.6 Å². The van der Waals surface area contributed by atoms with Crippen LogP contribution in [0.15, 0.2) is 24.3 Å². The van der Waals surface area contributed by atoms with Gasteiger partial charge in [0.05, 0.1) is 6.54 Å². The Morgan fingerprint density at radius 1 is 1.19 bits per heavy atom. The highest BCUT2D eigenvalue weighted by Crippen LogP contribution is 2.48. The lowest BCUT2D eigenvalue weighted by molar-refractivity contribution is -0.170. The summed E-state index contributed by atoms with van der Waals surface area (Å²) in [4.78, 5) is 26.0. The van der Waals surface area contributed by atoms with Crippen molar-refractivity contribution in [2.45, 2.75) is 44.0 Å². The third-order valence-electron chi connectivity index (χ3n) is 5.62. The fourth-order valence-electron chi connectivity index (χ4n) is 3.62. The Morgan fingerprint density at radius 2 is 1.87 bits per heavy atom. The topological polar surface area (TPSA) is 70.7 Å². The Labute approximate surface area is 176 Å². The van der Waals surface area contributed by atoms with E-state index in [0.717, 1.165) is 0 Å². The second-order valence-corrected chi connectivity index (χ2v) is 7.96. The molecular weight excluding hydrogens is 425 g/mol. The third-order valence-corrected chi connectivity index (χ3v) is 5.62. The number of likely N-dealkylation sites (tertiary alicyclic amines) is 1. The smallest absolute Gasteiger partial charge is 0.411 e. The van der Waals surface area contributed by atoms with E-state index >= 15 is 0 Å². The molecule has 1 aromatic carbocycles. The number of carbonyl (C=O) groups excluding carboxylic acids is 2. The van der Waals surface area contributed by atoms with Crippen LogP contribution in [0.1, 0.15) is 36.0 Å². The van der Waals surface area contributed by atoms with E-state index < -0.39 is 30.1 Å². The zero-order valence-corrected chi connectivity index (χ0v) is 16.7. The maximum absolute atomic E-state index is 12.9. The average molecular weight is 449 g/mol. The number of hydrogen-bond acceptors (Lipinski definition) is 4. The summed E-state index contributed by atoms with van der Waals surface area (Å²) in [5.41, 5.74) is -1.85. The maximum atomic E-state index is 12.9. The van der Waals surface area contributed by atoms with Crippen molar-refractivity contribution in [2.24, 2.45) is 5.92 Å². The van der Waals surface area contributed by atoms with E-state index in [0.29, 0.717) is 32.5 Å². The lowest BCUT2D eigenvalue weighted by atomic mass is 9.96. The second-order valence-electron chi connectivity index (χ2n) is 7.96. The highest BCUT2D eigenvalue weighted by Gasteiger charge is 2.64. The molecule has 1 saturated heterocycles. The molecule has 0 bridgehead atoms. The van der Waals surface area contributed by atoms with Crippen LogP contribution in [-0.2, 0) is 4.79 Å². The van der Waals surface area contributed by atoms with Crippen LogP contribution >= 0.6 is 0 Å². The number of piperidine rings is 1. The summed E-state index contributed by atoms with van der Waals surface area (Å²) in [5.74, 6) is -1.00. The van der Waals surface area contributed by atoms with E-state index in [1.807, 2.05) is 0 Å². The SMILES string of the molecule is O=C(CN1CCC(CNC(=O)c2cccc(OC(F)F)c2)CC1)NC1(C(F)(F)F)CC1. The summed E-state index contributed by atoms with van der Waals surface area (Å²) in [6, 6.07) is 5.49. The number of amides is 2. The van der Waals surface area contributed by atoms with E-state index in [1.165, 1.54) is 24.3 Å². The number of carbonyl (C=O) groups is 2. The molecule has 2 aliphatic rings. The lowest BCUT2D eigenvalue weighted by Gasteiger charge is -2.32. The van der Waals surface area contributed by atoms with Crippen LogP contribution in [0.5, 0.6) is 5.75 Å². The monoisotopic (exact) mass is 449 g/mol. The van der Waals surface area contributed by atoms with Crippen LogP contribution in [0.25, 0.3) is 0 Å². The van der Waals surface area contributed by atoms with Crippen LogP contribution in [-0.4, -0.2) is 61.2 Å². The Kier molecular flexibility index (Phi) is 7.03. The van der Waals surface area contributed by atoms with Crippen molar-refractivity contribution in [2.75, 3.05) is 26.2 Å². The molecule has 0 atom stereocenters. The quantitative estimate of drug-likeness (QED) is 0.599. The normalized spacial score (nSPS) is 19.2. The zero-order valence-electron chi connectivity index (χ0n) is 16.7. The number of rotatable bonds is 8. The number of benzene rings is 1. The van der Waals surface area contributed by atoms with Gasteiger partial charge in [-0.1, -0.05) is 6.07 Å². The van der Waals surface area contributed by atoms with Gasteiger partial charge in [-0.25, -0.2) is 0 Å². The molecule has 11 heteroatoms. The van der Waals surface area contributed by atoms with Gasteiger partial charge in [0, 0.05) is 12.1 Å². The zero-order chi connectivity index (χ0) is 22.6. The standard InChI is InChI=1S/C20H24F5N3O3/c21-18(22)31-15-3-1-2-14(10-15)17(30)26-11-13-4-8-28(9-5-13)12-16(29)27-19(6-7-19)20(23,24)25/h1-3,10,13,18H,4-9,11-12H2,(H,26,30)(H,27,29). The van der Waals surface area contributed by atoms with E-state index in [4.69, 9.17) is 0 Å². The number of hydrogen-bond donors (Lipinski definition) is 2. The molecule has 0 spiro atoms. The molecule has 3 rings (SSSR count). The van der Waals surface area contributed by atoms with Crippen molar-refractivity contribution >= 4 is 11.8 Å². The van der Waals surface area contributed by atoms with Crippen molar-refractivity contribution < 1.29 is 36.3 Å². The first-order valence-electron chi connectivity index (χ1n) is 10.0. The van der Waals surface area contributed by atoms with Gasteiger partial charge in [0.15, 0.2) is 0 Å². The largest absolute Gasteiger partial charge is 0.435 e. The molecule has 6 nitrogen and oxygen atoms in total. The first-order chi connectivity index (χ1) is 14.6. The molecule has 2 fully saturated rings. The van der Waals surface area contributed by atoms with Crippen LogP contribution < -0.4 is 15.4 Å². The number of alkyl halides is 5. The Morgan fingerprint density at radius 3 is 2.45 bits per heavy atom. The lowest BCUT2D eigenvalue weighted by Crippen LogP contribution is -2.51. The Hall–Kier alpha value is -2.43. The molecule has 2 amide bonds. The molecule has 2 N–H and O–H groups in total. The summed E-state index contributed by atoms with van der Waals surface area (Å²) in [6.07, 6.45) is -3.25. The number of halogens is 5. The summed E-state index contributed by atoms with van der Waals surface area (Å²) in [6.45, 7) is -1.63. The molecule has 0 aromatic heterocycles. The molecule has 172 valence electrons. The fraction of sp³-hybridized carbons (Fsp3) is 0.600. The first kappa shape index (κ1) is 23.2. The molecule has 1 saturated carbocycles. The predicted octanol–water partition coefficient (Wildman–Crippen LogP) is 2.94. The number of nitrogens with one attached hydrogen (secondary N) is 2. The van der Waals surface area contributed by atoms with Gasteiger partial charge >= 0.3 is 12.8 Å². The minimum atomic E-state index is -4.43. The molecule has 1 aliphatic carbocycles. The molecule has 31 heavy (non-hydrogen) atoms. The van der Waals surface area contributed by atoms with Gasteiger partial charge in [-0.3, -0.25) is 14.5 Å². The molecule has 0 radical (unpaired) electrons. The first-order valence-corrected chi connectivity index (χ1v) is 10.0. The van der Waals surface area contributed by atoms with Gasteiger partial charge in [-0.05, 0) is 62.9 Å². The van der Waals surface area contributed by atoms with E-state index in [2.05, 4.69) is 15.4 Å². The Balaban J connectivity index is 1.38. The summed E-state index contributed by atoms with van der Waals surface area (Å²) < 4.78 is 67.7. The maximum Gasteiger partial charge on any atom is 0.411 e. The third kappa shape index (κ3) is 6.28. The molecule has 0 unspecified atom stereocenters. The second kappa shape index (κ2) is 9.37. The van der Waals surface area contributed by atoms with Crippen LogP contribution in [0, 0.1) is 5.92 Å². The van der Waals surface area contributed by atoms with Crippen LogP contribution in [0.3, 0.4) is 0 Å². The molecule has 1 heterocycles. The highest BCUT2D eigenvalue weighted by atomic mass is 19.4. The van der Waals surface area contributed by atoms with Crippen molar-refractivity contribution in [3.63, 3.8) is 0 Å². The molecule has 1 aliphatic heterocycles. The molecule has 1 aromatic rings. The van der Waals surface area contributed by atoms with Gasteiger partial charge < -0.3 is 15.4 Å². The van der Waals surface area contributed by atoms with E-state index in [9.17, 15) is 31.5 Å². The van der Waals surface area contributed by atoms with Crippen molar-refractivity contribution in [1.29, 1.82) is 0 Å². The highest BCUT2D eigenvalue weighted by molar-refractivity contribution is 5.94. The van der Waals surface area contributed by atoms with Crippen molar-refractivity contribution in [3.05, 3.63) is 29.8 Å². The van der Waals surface area contributed by atoms with Crippen LogP contribution in [0.4, 0.5) is 22.0 Å². The Bertz CT molecular complexity index is 791. The number of nitrogens with zero attached hydrogens (tertiary/aromatic N) is 1. The van der Waals surface area contributed by atoms with Crippen molar-refractivity contribution in [3.8, 4) is 5.75 Å².